The van der Waals surface area contributed by atoms with Gasteiger partial charge in [0.25, 0.3) is 0 Å². The van der Waals surface area contributed by atoms with Crippen LogP contribution in [0.2, 0.25) is 5.15 Å². The maximum Gasteiger partial charge on any atom is 0.132 e. The average Bonchev–Trinajstić information content (AvgIpc) is 2.76. The number of rotatable bonds is 4. The molecule has 0 amide bonds. The van der Waals surface area contributed by atoms with Crippen molar-refractivity contribution in [1.29, 1.82) is 5.26 Å². The van der Waals surface area contributed by atoms with Crippen LogP contribution in [0.3, 0.4) is 0 Å². The van der Waals surface area contributed by atoms with E-state index < -0.39 is 0 Å². The molecule has 1 fully saturated rings. The fourth-order valence-electron chi connectivity index (χ4n) is 2.33. The highest BCUT2D eigenvalue weighted by molar-refractivity contribution is 7.99. The van der Waals surface area contributed by atoms with Crippen molar-refractivity contribution < 1.29 is 0 Å². The molecular weight excluding hydrogens is 266 g/mol. The van der Waals surface area contributed by atoms with Gasteiger partial charge in [0.2, 0.25) is 0 Å². The van der Waals surface area contributed by atoms with Crippen LogP contribution in [0.15, 0.2) is 12.1 Å². The second kappa shape index (κ2) is 6.31. The molecule has 1 heterocycles. The van der Waals surface area contributed by atoms with Crippen molar-refractivity contribution in [3.05, 3.63) is 22.8 Å². The zero-order valence-corrected chi connectivity index (χ0v) is 11.9. The van der Waals surface area contributed by atoms with Gasteiger partial charge in [0.1, 0.15) is 11.0 Å². The van der Waals surface area contributed by atoms with Gasteiger partial charge in [-0.15, -0.1) is 0 Å². The minimum absolute atomic E-state index is 0.370. The van der Waals surface area contributed by atoms with Crippen LogP contribution in [0.5, 0.6) is 0 Å². The first-order valence-corrected chi connectivity index (χ1v) is 7.61. The molecule has 0 aliphatic heterocycles. The molecule has 0 spiro atoms. The van der Waals surface area contributed by atoms with Crippen LogP contribution < -0.4 is 5.32 Å². The Morgan fingerprint density at radius 1 is 1.56 bits per heavy atom. The molecule has 0 saturated heterocycles. The molecule has 1 aliphatic carbocycles. The maximum absolute atomic E-state index is 8.92. The van der Waals surface area contributed by atoms with Gasteiger partial charge in [0.15, 0.2) is 0 Å². The molecule has 3 nitrogen and oxygen atoms in total. The van der Waals surface area contributed by atoms with Crippen molar-refractivity contribution >= 4 is 29.2 Å². The van der Waals surface area contributed by atoms with Gasteiger partial charge >= 0.3 is 0 Å². The number of nitriles is 1. The molecule has 2 atom stereocenters. The number of anilines is 1. The van der Waals surface area contributed by atoms with Gasteiger partial charge in [0, 0.05) is 11.3 Å². The maximum atomic E-state index is 8.92. The van der Waals surface area contributed by atoms with Crippen molar-refractivity contribution in [2.24, 2.45) is 0 Å². The molecule has 1 aromatic rings. The molecule has 0 aromatic carbocycles. The van der Waals surface area contributed by atoms with Gasteiger partial charge in [-0.3, -0.25) is 0 Å². The van der Waals surface area contributed by atoms with E-state index in [2.05, 4.69) is 23.3 Å². The zero-order valence-electron chi connectivity index (χ0n) is 10.3. The van der Waals surface area contributed by atoms with Gasteiger partial charge in [-0.25, -0.2) is 4.98 Å². The highest BCUT2D eigenvalue weighted by atomic mass is 35.5. The summed E-state index contributed by atoms with van der Waals surface area (Å²) in [6.07, 6.45) is 3.66. The normalized spacial score (nSPS) is 22.7. The number of aromatic nitrogens is 1. The predicted molar refractivity (Wildman–Crippen MR) is 77.1 cm³/mol. The van der Waals surface area contributed by atoms with E-state index in [1.807, 2.05) is 11.8 Å². The van der Waals surface area contributed by atoms with E-state index in [0.717, 1.165) is 12.2 Å². The lowest BCUT2D eigenvalue weighted by molar-refractivity contribution is 0.762. The molecule has 5 heteroatoms. The second-order valence-corrected chi connectivity index (χ2v) is 6.25. The average molecular weight is 282 g/mol. The molecule has 2 rings (SSSR count). The van der Waals surface area contributed by atoms with Crippen molar-refractivity contribution in [3.8, 4) is 6.07 Å². The third-order valence-electron chi connectivity index (χ3n) is 3.09. The van der Waals surface area contributed by atoms with Crippen molar-refractivity contribution in [2.75, 3.05) is 11.1 Å². The minimum Gasteiger partial charge on any atom is -0.366 e. The summed E-state index contributed by atoms with van der Waals surface area (Å²) in [5.41, 5.74) is 0.551. The summed E-state index contributed by atoms with van der Waals surface area (Å²) < 4.78 is 0. The van der Waals surface area contributed by atoms with Gasteiger partial charge in [-0.1, -0.05) is 24.9 Å². The Bertz CT molecular complexity index is 458. The van der Waals surface area contributed by atoms with Crippen LogP contribution >= 0.6 is 23.4 Å². The van der Waals surface area contributed by atoms with E-state index in [1.54, 1.807) is 12.1 Å². The Hall–Kier alpha value is -0.920. The summed E-state index contributed by atoms with van der Waals surface area (Å²) in [6, 6.07) is 5.88. The molecule has 0 radical (unpaired) electrons. The Kier molecular flexibility index (Phi) is 4.73. The highest BCUT2D eigenvalue weighted by Crippen LogP contribution is 2.32. The van der Waals surface area contributed by atoms with E-state index in [9.17, 15) is 0 Å². The monoisotopic (exact) mass is 281 g/mol. The predicted octanol–water partition coefficient (Wildman–Crippen LogP) is 3.69. The van der Waals surface area contributed by atoms with Gasteiger partial charge in [0.05, 0.1) is 11.6 Å². The van der Waals surface area contributed by atoms with Gasteiger partial charge in [-0.2, -0.15) is 17.0 Å². The molecular formula is C13H16ClN3S. The molecule has 0 bridgehead atoms. The lowest BCUT2D eigenvalue weighted by Gasteiger charge is -2.20. The van der Waals surface area contributed by atoms with E-state index >= 15 is 0 Å². The van der Waals surface area contributed by atoms with Crippen molar-refractivity contribution in [2.45, 2.75) is 37.5 Å². The number of nitrogens with zero attached hydrogens (tertiary/aromatic N) is 2. The number of nitrogens with one attached hydrogen (secondary N) is 1. The third kappa shape index (κ3) is 3.30. The van der Waals surface area contributed by atoms with Crippen molar-refractivity contribution in [3.63, 3.8) is 0 Å². The Morgan fingerprint density at radius 2 is 2.39 bits per heavy atom. The molecule has 1 saturated carbocycles. The fourth-order valence-corrected chi connectivity index (χ4v) is 3.74. The van der Waals surface area contributed by atoms with Crippen LogP contribution in [-0.2, 0) is 0 Å². The zero-order chi connectivity index (χ0) is 13.0. The Balaban J connectivity index is 2.09. The smallest absolute Gasteiger partial charge is 0.132 e. The SMILES string of the molecule is CCSC1CCCC1Nc1cc(C#N)cc(Cl)n1. The number of halogens is 1. The first-order chi connectivity index (χ1) is 8.72. The number of hydrogen-bond acceptors (Lipinski definition) is 4. The molecule has 2 unspecified atom stereocenters. The number of pyridine rings is 1. The first kappa shape index (κ1) is 13.5. The largest absolute Gasteiger partial charge is 0.366 e. The Morgan fingerprint density at radius 3 is 3.11 bits per heavy atom. The van der Waals surface area contributed by atoms with Crippen LogP contribution in [-0.4, -0.2) is 22.0 Å². The molecule has 18 heavy (non-hydrogen) atoms. The summed E-state index contributed by atoms with van der Waals surface area (Å²) >= 11 is 7.90. The fraction of sp³-hybridized carbons (Fsp3) is 0.538. The van der Waals surface area contributed by atoms with Gasteiger partial charge in [-0.05, 0) is 30.7 Å². The quantitative estimate of drug-likeness (QED) is 0.855. The Labute approximate surface area is 117 Å². The number of thioether (sulfide) groups is 1. The summed E-state index contributed by atoms with van der Waals surface area (Å²) in [6.45, 7) is 2.19. The van der Waals surface area contributed by atoms with Crippen LogP contribution in [0.4, 0.5) is 5.82 Å². The van der Waals surface area contributed by atoms with Crippen LogP contribution in [0.1, 0.15) is 31.7 Å². The van der Waals surface area contributed by atoms with E-state index in [4.69, 9.17) is 16.9 Å². The third-order valence-corrected chi connectivity index (χ3v) is 4.61. The van der Waals surface area contributed by atoms with Crippen molar-refractivity contribution in [1.82, 2.24) is 4.98 Å². The van der Waals surface area contributed by atoms with Gasteiger partial charge < -0.3 is 5.32 Å². The standard InChI is InChI=1S/C13H16ClN3S/c1-2-18-11-5-3-4-10(11)16-13-7-9(8-15)6-12(14)17-13/h6-7,10-11H,2-5H2,1H3,(H,16,17). The van der Waals surface area contributed by atoms with Crippen LogP contribution in [0, 0.1) is 11.3 Å². The summed E-state index contributed by atoms with van der Waals surface area (Å²) in [5.74, 6) is 1.85. The van der Waals surface area contributed by atoms with E-state index in [1.165, 1.54) is 12.8 Å². The highest BCUT2D eigenvalue weighted by Gasteiger charge is 2.27. The first-order valence-electron chi connectivity index (χ1n) is 6.18. The second-order valence-electron chi connectivity index (χ2n) is 4.35. The minimum atomic E-state index is 0.370. The molecule has 1 aliphatic rings. The lowest BCUT2D eigenvalue weighted by atomic mass is 10.2. The summed E-state index contributed by atoms with van der Waals surface area (Å²) in [5, 5.41) is 13.3. The topological polar surface area (TPSA) is 48.7 Å². The number of hydrogen-bond donors (Lipinski definition) is 1. The van der Waals surface area contributed by atoms with Crippen LogP contribution in [0.25, 0.3) is 0 Å². The van der Waals surface area contributed by atoms with E-state index in [-0.39, 0.29) is 0 Å². The lowest BCUT2D eigenvalue weighted by Crippen LogP contribution is -2.26. The molecule has 96 valence electrons. The van der Waals surface area contributed by atoms with E-state index in [0.29, 0.717) is 27.8 Å². The summed E-state index contributed by atoms with van der Waals surface area (Å²) in [7, 11) is 0. The summed E-state index contributed by atoms with van der Waals surface area (Å²) in [4.78, 5) is 4.23. The molecule has 1 N–H and O–H groups in total. The molecule has 1 aromatic heterocycles.